The zero-order valence-electron chi connectivity index (χ0n) is 15.7. The van der Waals surface area contributed by atoms with Crippen LogP contribution in [-0.4, -0.2) is 9.97 Å². The van der Waals surface area contributed by atoms with Crippen LogP contribution < -0.4 is 4.90 Å². The SMILES string of the molecule is Cc1ccccc1N1[C@@H](C)c2nccnc2C12C1CC3CC(C1)CC2C3. The van der Waals surface area contributed by atoms with Gasteiger partial charge in [-0.1, -0.05) is 18.2 Å². The number of para-hydroxylation sites is 1. The minimum atomic E-state index is 0.0720. The van der Waals surface area contributed by atoms with Gasteiger partial charge in [0.05, 0.1) is 23.0 Å². The maximum atomic E-state index is 5.01. The van der Waals surface area contributed by atoms with Crippen molar-refractivity contribution in [2.24, 2.45) is 23.7 Å². The van der Waals surface area contributed by atoms with Crippen molar-refractivity contribution >= 4 is 5.69 Å². The summed E-state index contributed by atoms with van der Waals surface area (Å²) in [5.41, 5.74) is 5.38. The molecule has 134 valence electrons. The van der Waals surface area contributed by atoms with Crippen LogP contribution in [0.25, 0.3) is 0 Å². The normalized spacial score (nSPS) is 39.6. The molecule has 26 heavy (non-hydrogen) atoms. The van der Waals surface area contributed by atoms with E-state index in [4.69, 9.17) is 9.97 Å². The van der Waals surface area contributed by atoms with Crippen LogP contribution in [0.3, 0.4) is 0 Å². The predicted octanol–water partition coefficient (Wildman–Crippen LogP) is 5.02. The van der Waals surface area contributed by atoms with Crippen LogP contribution >= 0.6 is 0 Å². The number of hydrogen-bond acceptors (Lipinski definition) is 3. The highest BCUT2D eigenvalue weighted by molar-refractivity contribution is 5.62. The Kier molecular flexibility index (Phi) is 2.97. The minimum Gasteiger partial charge on any atom is -0.351 e. The quantitative estimate of drug-likeness (QED) is 0.727. The third-order valence-corrected chi connectivity index (χ3v) is 8.05. The molecule has 1 spiro atoms. The summed E-state index contributed by atoms with van der Waals surface area (Å²) in [5.74, 6) is 3.38. The first-order valence-corrected chi connectivity index (χ1v) is 10.4. The van der Waals surface area contributed by atoms with Gasteiger partial charge in [0.1, 0.15) is 0 Å². The number of anilines is 1. The maximum absolute atomic E-state index is 5.01. The van der Waals surface area contributed by atoms with Gasteiger partial charge in [-0.3, -0.25) is 9.97 Å². The molecule has 0 radical (unpaired) electrons. The number of aromatic nitrogens is 2. The van der Waals surface area contributed by atoms with Gasteiger partial charge in [0, 0.05) is 18.1 Å². The molecule has 1 aliphatic heterocycles. The van der Waals surface area contributed by atoms with Crippen molar-refractivity contribution in [2.75, 3.05) is 4.90 Å². The molecule has 4 bridgehead atoms. The van der Waals surface area contributed by atoms with Crippen LogP contribution in [0.4, 0.5) is 5.69 Å². The fourth-order valence-corrected chi connectivity index (χ4v) is 7.44. The van der Waals surface area contributed by atoms with Gasteiger partial charge in [-0.2, -0.15) is 0 Å². The molecule has 0 amide bonds. The summed E-state index contributed by atoms with van der Waals surface area (Å²) in [4.78, 5) is 12.6. The lowest BCUT2D eigenvalue weighted by atomic mass is 9.47. The molecule has 1 aromatic heterocycles. The number of aryl methyl sites for hydroxylation is 1. The van der Waals surface area contributed by atoms with E-state index in [2.05, 4.69) is 43.0 Å². The number of fused-ring (bicyclic) bond motifs is 1. The molecule has 0 N–H and O–H groups in total. The van der Waals surface area contributed by atoms with E-state index in [1.165, 1.54) is 54.7 Å². The standard InChI is InChI=1S/C23H27N3/c1-14-5-3-4-6-20(14)26-15(2)21-22(25-8-7-24-21)23(26)18-10-16-9-17(12-18)13-19(23)11-16/h3-8,15-19H,9-13H2,1-2H3/t15-,16?,17?,18?,19?,23?/m0/s1. The number of benzene rings is 1. The number of nitrogens with zero attached hydrogens (tertiary/aromatic N) is 3. The summed E-state index contributed by atoms with van der Waals surface area (Å²) in [5, 5.41) is 0. The zero-order chi connectivity index (χ0) is 17.5. The van der Waals surface area contributed by atoms with Crippen LogP contribution in [0.5, 0.6) is 0 Å². The summed E-state index contributed by atoms with van der Waals surface area (Å²) in [6, 6.07) is 9.24. The van der Waals surface area contributed by atoms with Crippen molar-refractivity contribution in [1.82, 2.24) is 9.97 Å². The molecule has 1 atom stereocenters. The molecule has 3 nitrogen and oxygen atoms in total. The van der Waals surface area contributed by atoms with Gasteiger partial charge in [0.2, 0.25) is 0 Å². The molecule has 2 aromatic rings. The maximum Gasteiger partial charge on any atom is 0.0906 e. The largest absolute Gasteiger partial charge is 0.351 e. The Labute approximate surface area is 155 Å². The zero-order valence-corrected chi connectivity index (χ0v) is 15.7. The Morgan fingerprint density at radius 3 is 2.27 bits per heavy atom. The van der Waals surface area contributed by atoms with Crippen LogP contribution in [0.1, 0.15) is 62.0 Å². The van der Waals surface area contributed by atoms with Gasteiger partial charge in [0.15, 0.2) is 0 Å². The molecular weight excluding hydrogens is 318 g/mol. The average Bonchev–Trinajstić information content (AvgIpc) is 2.90. The van der Waals surface area contributed by atoms with Gasteiger partial charge in [-0.25, -0.2) is 0 Å². The van der Waals surface area contributed by atoms with Crippen molar-refractivity contribution in [1.29, 1.82) is 0 Å². The van der Waals surface area contributed by atoms with E-state index in [-0.39, 0.29) is 5.54 Å². The molecule has 7 rings (SSSR count). The van der Waals surface area contributed by atoms with Gasteiger partial charge in [0.25, 0.3) is 0 Å². The Balaban J connectivity index is 1.62. The molecule has 1 aromatic carbocycles. The Hall–Kier alpha value is -1.90. The van der Waals surface area contributed by atoms with Crippen LogP contribution in [0.15, 0.2) is 36.7 Å². The van der Waals surface area contributed by atoms with E-state index < -0.39 is 0 Å². The molecule has 5 aliphatic rings. The van der Waals surface area contributed by atoms with Crippen molar-refractivity contribution in [3.8, 4) is 0 Å². The van der Waals surface area contributed by atoms with Gasteiger partial charge in [-0.05, 0) is 81.3 Å². The van der Waals surface area contributed by atoms with Crippen molar-refractivity contribution in [3.63, 3.8) is 0 Å². The van der Waals surface area contributed by atoms with E-state index in [1.54, 1.807) is 0 Å². The molecular formula is C23H27N3. The lowest BCUT2D eigenvalue weighted by Crippen LogP contribution is -2.62. The molecule has 2 heterocycles. The van der Waals surface area contributed by atoms with E-state index >= 15 is 0 Å². The fourth-order valence-electron chi connectivity index (χ4n) is 7.44. The smallest absolute Gasteiger partial charge is 0.0906 e. The monoisotopic (exact) mass is 345 g/mol. The number of rotatable bonds is 1. The van der Waals surface area contributed by atoms with Crippen molar-refractivity contribution < 1.29 is 0 Å². The minimum absolute atomic E-state index is 0.0720. The predicted molar refractivity (Wildman–Crippen MR) is 103 cm³/mol. The van der Waals surface area contributed by atoms with Crippen molar-refractivity contribution in [2.45, 2.75) is 57.5 Å². The van der Waals surface area contributed by atoms with Gasteiger partial charge < -0.3 is 4.90 Å². The van der Waals surface area contributed by atoms with Gasteiger partial charge in [-0.15, -0.1) is 0 Å². The first-order chi connectivity index (χ1) is 12.7. The Bertz CT molecular complexity index is 845. The Morgan fingerprint density at radius 2 is 1.58 bits per heavy atom. The second-order valence-electron chi connectivity index (χ2n) is 9.25. The van der Waals surface area contributed by atoms with Crippen molar-refractivity contribution in [3.05, 3.63) is 53.6 Å². The first kappa shape index (κ1) is 15.2. The lowest BCUT2D eigenvalue weighted by Gasteiger charge is -2.63. The van der Waals surface area contributed by atoms with Crippen LogP contribution in [0, 0.1) is 30.6 Å². The topological polar surface area (TPSA) is 29.0 Å². The summed E-state index contributed by atoms with van der Waals surface area (Å²) >= 11 is 0. The summed E-state index contributed by atoms with van der Waals surface area (Å²) < 4.78 is 0. The summed E-state index contributed by atoms with van der Waals surface area (Å²) in [6.07, 6.45) is 10.9. The van der Waals surface area contributed by atoms with E-state index in [1.807, 2.05) is 12.4 Å². The van der Waals surface area contributed by atoms with Crippen LogP contribution in [-0.2, 0) is 5.54 Å². The second kappa shape index (κ2) is 5.09. The Morgan fingerprint density at radius 1 is 0.923 bits per heavy atom. The highest BCUT2D eigenvalue weighted by Crippen LogP contribution is 2.68. The first-order valence-electron chi connectivity index (χ1n) is 10.4. The molecule has 4 saturated carbocycles. The van der Waals surface area contributed by atoms with Crippen LogP contribution in [0.2, 0.25) is 0 Å². The highest BCUT2D eigenvalue weighted by atomic mass is 15.3. The molecule has 4 fully saturated rings. The third kappa shape index (κ3) is 1.70. The number of hydrogen-bond donors (Lipinski definition) is 0. The molecule has 4 aliphatic carbocycles. The second-order valence-corrected chi connectivity index (χ2v) is 9.25. The third-order valence-electron chi connectivity index (χ3n) is 8.05. The van der Waals surface area contributed by atoms with E-state index in [0.717, 1.165) is 23.7 Å². The van der Waals surface area contributed by atoms with E-state index in [0.29, 0.717) is 6.04 Å². The summed E-state index contributed by atoms with van der Waals surface area (Å²) in [6.45, 7) is 4.61. The molecule has 3 heteroatoms. The highest BCUT2D eigenvalue weighted by Gasteiger charge is 2.65. The van der Waals surface area contributed by atoms with E-state index in [9.17, 15) is 0 Å². The molecule has 0 unspecified atom stereocenters. The molecule has 0 saturated heterocycles. The fraction of sp³-hybridized carbons (Fsp3) is 0.565. The van der Waals surface area contributed by atoms with Gasteiger partial charge >= 0.3 is 0 Å². The average molecular weight is 345 g/mol. The summed E-state index contributed by atoms with van der Waals surface area (Å²) in [7, 11) is 0. The lowest BCUT2D eigenvalue weighted by molar-refractivity contribution is -0.0619.